The highest BCUT2D eigenvalue weighted by molar-refractivity contribution is 5.74. The van der Waals surface area contributed by atoms with Gasteiger partial charge in [-0.3, -0.25) is 4.79 Å². The largest absolute Gasteiger partial charge is 0.351 e. The SMILES string of the molecule is CC(=O)N[C@]12CC3CC(C1)[C@@H](N)C(C3)C2. The van der Waals surface area contributed by atoms with Crippen LogP contribution < -0.4 is 11.1 Å². The molecule has 0 aliphatic heterocycles. The summed E-state index contributed by atoms with van der Waals surface area (Å²) >= 11 is 0. The second-order valence-electron chi connectivity index (χ2n) is 6.01. The van der Waals surface area contributed by atoms with Crippen LogP contribution in [0.5, 0.6) is 0 Å². The molecule has 3 heteroatoms. The number of rotatable bonds is 1. The monoisotopic (exact) mass is 208 g/mol. The standard InChI is InChI=1S/C12H20N2O/c1-7(15)14-12-4-8-2-9(5-12)11(13)10(3-8)6-12/h8-11H,2-6,13H2,1H3,(H,14,15)/t8?,9?,10?,11-,12-. The Bertz CT molecular complexity index is 286. The lowest BCUT2D eigenvalue weighted by Gasteiger charge is -2.59. The van der Waals surface area contributed by atoms with Crippen LogP contribution in [0.3, 0.4) is 0 Å². The number of carbonyl (C=O) groups excluding carboxylic acids is 1. The zero-order valence-electron chi connectivity index (χ0n) is 9.33. The molecule has 0 heterocycles. The van der Waals surface area contributed by atoms with Crippen molar-refractivity contribution in [1.29, 1.82) is 0 Å². The van der Waals surface area contributed by atoms with Gasteiger partial charge in [-0.1, -0.05) is 0 Å². The van der Waals surface area contributed by atoms with E-state index in [-0.39, 0.29) is 11.4 Å². The minimum absolute atomic E-state index is 0.123. The van der Waals surface area contributed by atoms with Crippen LogP contribution in [0.2, 0.25) is 0 Å². The first-order chi connectivity index (χ1) is 7.08. The third-order valence-corrected chi connectivity index (χ3v) is 4.79. The van der Waals surface area contributed by atoms with Crippen molar-refractivity contribution in [2.45, 2.75) is 50.6 Å². The maximum atomic E-state index is 11.3. The number of amides is 1. The maximum absolute atomic E-state index is 11.3. The summed E-state index contributed by atoms with van der Waals surface area (Å²) in [5.74, 6) is 2.30. The molecule has 2 atom stereocenters. The Balaban J connectivity index is 1.85. The second-order valence-corrected chi connectivity index (χ2v) is 6.01. The molecule has 0 aromatic carbocycles. The first-order valence-electron chi connectivity index (χ1n) is 6.12. The third kappa shape index (κ3) is 1.40. The van der Waals surface area contributed by atoms with Crippen LogP contribution in [0.4, 0.5) is 0 Å². The van der Waals surface area contributed by atoms with Crippen LogP contribution in [0.25, 0.3) is 0 Å². The number of carbonyl (C=O) groups is 1. The van der Waals surface area contributed by atoms with Crippen molar-refractivity contribution in [3.63, 3.8) is 0 Å². The quantitative estimate of drug-likeness (QED) is 0.676. The summed E-state index contributed by atoms with van der Waals surface area (Å²) in [6.45, 7) is 1.64. The molecule has 0 radical (unpaired) electrons. The summed E-state index contributed by atoms with van der Waals surface area (Å²) in [6, 6.07) is 0.406. The van der Waals surface area contributed by atoms with Crippen LogP contribution in [0.15, 0.2) is 0 Å². The lowest BCUT2D eigenvalue weighted by Crippen LogP contribution is -2.65. The maximum Gasteiger partial charge on any atom is 0.217 e. The van der Waals surface area contributed by atoms with Crippen LogP contribution in [0.1, 0.15) is 39.0 Å². The fourth-order valence-electron chi connectivity index (χ4n) is 4.59. The predicted molar refractivity (Wildman–Crippen MR) is 58.1 cm³/mol. The van der Waals surface area contributed by atoms with Gasteiger partial charge in [0.1, 0.15) is 0 Å². The van der Waals surface area contributed by atoms with Gasteiger partial charge in [-0.25, -0.2) is 0 Å². The van der Waals surface area contributed by atoms with Gasteiger partial charge in [0, 0.05) is 18.5 Å². The molecule has 0 spiro atoms. The molecule has 1 amide bonds. The van der Waals surface area contributed by atoms with Gasteiger partial charge in [-0.05, 0) is 49.9 Å². The molecule has 0 aromatic heterocycles. The molecule has 4 saturated carbocycles. The normalized spacial score (nSPS) is 51.9. The van der Waals surface area contributed by atoms with Crippen molar-refractivity contribution in [2.75, 3.05) is 0 Å². The van der Waals surface area contributed by atoms with Gasteiger partial charge in [-0.2, -0.15) is 0 Å². The smallest absolute Gasteiger partial charge is 0.217 e. The van der Waals surface area contributed by atoms with Crippen molar-refractivity contribution < 1.29 is 4.79 Å². The molecular formula is C12H20N2O. The molecule has 0 aromatic rings. The van der Waals surface area contributed by atoms with Gasteiger partial charge in [0.05, 0.1) is 0 Å². The van der Waals surface area contributed by atoms with Gasteiger partial charge in [-0.15, -0.1) is 0 Å². The third-order valence-electron chi connectivity index (χ3n) is 4.79. The van der Waals surface area contributed by atoms with Crippen molar-refractivity contribution in [1.82, 2.24) is 5.32 Å². The predicted octanol–water partition coefficient (Wildman–Crippen LogP) is 1.03. The van der Waals surface area contributed by atoms with E-state index >= 15 is 0 Å². The number of nitrogens with two attached hydrogens (primary N) is 1. The molecule has 4 aliphatic rings. The number of hydrogen-bond acceptors (Lipinski definition) is 2. The Morgan fingerprint density at radius 3 is 2.40 bits per heavy atom. The van der Waals surface area contributed by atoms with E-state index in [9.17, 15) is 4.79 Å². The Labute approximate surface area is 90.8 Å². The number of nitrogens with one attached hydrogen (secondary N) is 1. The van der Waals surface area contributed by atoms with E-state index in [0.29, 0.717) is 17.9 Å². The first kappa shape index (κ1) is 9.64. The molecule has 3 nitrogen and oxygen atoms in total. The Morgan fingerprint density at radius 2 is 1.87 bits per heavy atom. The minimum Gasteiger partial charge on any atom is -0.351 e. The van der Waals surface area contributed by atoms with E-state index in [1.54, 1.807) is 6.92 Å². The Kier molecular flexibility index (Phi) is 1.91. The molecule has 3 N–H and O–H groups in total. The van der Waals surface area contributed by atoms with E-state index in [0.717, 1.165) is 18.8 Å². The molecule has 0 saturated heterocycles. The van der Waals surface area contributed by atoms with Gasteiger partial charge in [0.2, 0.25) is 5.91 Å². The average Bonchev–Trinajstić information content (AvgIpc) is 2.10. The zero-order chi connectivity index (χ0) is 10.6. The molecule has 15 heavy (non-hydrogen) atoms. The molecule has 4 fully saturated rings. The van der Waals surface area contributed by atoms with E-state index in [2.05, 4.69) is 5.32 Å². The summed E-state index contributed by atoms with van der Waals surface area (Å²) in [7, 11) is 0. The van der Waals surface area contributed by atoms with Gasteiger partial charge < -0.3 is 11.1 Å². The Hall–Kier alpha value is -0.570. The molecular weight excluding hydrogens is 188 g/mol. The van der Waals surface area contributed by atoms with Gasteiger partial charge in [0.15, 0.2) is 0 Å². The van der Waals surface area contributed by atoms with Crippen molar-refractivity contribution in [3.8, 4) is 0 Å². The lowest BCUT2D eigenvalue weighted by atomic mass is 9.51. The van der Waals surface area contributed by atoms with Crippen molar-refractivity contribution in [2.24, 2.45) is 23.5 Å². The lowest BCUT2D eigenvalue weighted by molar-refractivity contribution is -0.125. The van der Waals surface area contributed by atoms with Crippen LogP contribution in [-0.2, 0) is 4.79 Å². The zero-order valence-corrected chi connectivity index (χ0v) is 9.33. The average molecular weight is 208 g/mol. The molecule has 4 rings (SSSR count). The summed E-state index contributed by atoms with van der Waals surface area (Å²) in [4.78, 5) is 11.3. The summed E-state index contributed by atoms with van der Waals surface area (Å²) in [5.41, 5.74) is 6.37. The minimum atomic E-state index is 0.123. The van der Waals surface area contributed by atoms with Crippen LogP contribution in [0, 0.1) is 17.8 Å². The van der Waals surface area contributed by atoms with Gasteiger partial charge >= 0.3 is 0 Å². The topological polar surface area (TPSA) is 55.1 Å². The van der Waals surface area contributed by atoms with Gasteiger partial charge in [0.25, 0.3) is 0 Å². The molecule has 84 valence electrons. The van der Waals surface area contributed by atoms with E-state index < -0.39 is 0 Å². The fourth-order valence-corrected chi connectivity index (χ4v) is 4.59. The highest BCUT2D eigenvalue weighted by Crippen LogP contribution is 2.55. The van der Waals surface area contributed by atoms with Crippen LogP contribution >= 0.6 is 0 Å². The fraction of sp³-hybridized carbons (Fsp3) is 0.917. The van der Waals surface area contributed by atoms with E-state index in [1.165, 1.54) is 19.3 Å². The summed E-state index contributed by atoms with van der Waals surface area (Å²) in [6.07, 6.45) is 6.06. The van der Waals surface area contributed by atoms with E-state index in [1.807, 2.05) is 0 Å². The summed E-state index contributed by atoms with van der Waals surface area (Å²) < 4.78 is 0. The highest BCUT2D eigenvalue weighted by atomic mass is 16.1. The van der Waals surface area contributed by atoms with Crippen molar-refractivity contribution in [3.05, 3.63) is 0 Å². The van der Waals surface area contributed by atoms with Crippen molar-refractivity contribution >= 4 is 5.91 Å². The Morgan fingerprint density at radius 1 is 1.27 bits per heavy atom. The molecule has 4 aliphatic carbocycles. The first-order valence-corrected chi connectivity index (χ1v) is 6.12. The summed E-state index contributed by atoms with van der Waals surface area (Å²) in [5, 5.41) is 3.21. The van der Waals surface area contributed by atoms with E-state index in [4.69, 9.17) is 5.73 Å². The molecule has 2 unspecified atom stereocenters. The molecule has 4 bridgehead atoms. The van der Waals surface area contributed by atoms with Crippen LogP contribution in [-0.4, -0.2) is 17.5 Å². The second kappa shape index (κ2) is 2.97. The highest BCUT2D eigenvalue weighted by Gasteiger charge is 2.54. The number of hydrogen-bond donors (Lipinski definition) is 2.